The Hall–Kier alpha value is -2.91. The number of para-hydroxylation sites is 1. The predicted molar refractivity (Wildman–Crippen MR) is 111 cm³/mol. The predicted octanol–water partition coefficient (Wildman–Crippen LogP) is 3.25. The van der Waals surface area contributed by atoms with Crippen molar-refractivity contribution < 1.29 is 24.6 Å². The molecule has 3 N–H and O–H groups in total. The second-order valence-corrected chi connectivity index (χ2v) is 8.62. The second-order valence-electron chi connectivity index (χ2n) is 6.36. The molecule has 150 valence electrons. The SMILES string of the molecule is O=C(O)CC(CSc1nc2ccccc2s1)(C(=O)O)C(=O)NCc1ccccc1. The van der Waals surface area contributed by atoms with Crippen molar-refractivity contribution in [3.8, 4) is 0 Å². The highest BCUT2D eigenvalue weighted by Crippen LogP contribution is 2.36. The number of thioether (sulfide) groups is 1. The lowest BCUT2D eigenvalue weighted by Gasteiger charge is -2.26. The van der Waals surface area contributed by atoms with Crippen LogP contribution in [0, 0.1) is 5.41 Å². The monoisotopic (exact) mass is 430 g/mol. The molecule has 0 aliphatic rings. The number of amides is 1. The number of carbonyl (C=O) groups excluding carboxylic acids is 1. The number of thiazole rings is 1. The van der Waals surface area contributed by atoms with Crippen molar-refractivity contribution in [3.05, 3.63) is 60.2 Å². The van der Waals surface area contributed by atoms with E-state index >= 15 is 0 Å². The van der Waals surface area contributed by atoms with Crippen molar-refractivity contribution in [2.45, 2.75) is 17.3 Å². The summed E-state index contributed by atoms with van der Waals surface area (Å²) in [4.78, 5) is 40.7. The van der Waals surface area contributed by atoms with Gasteiger partial charge in [-0.2, -0.15) is 0 Å². The van der Waals surface area contributed by atoms with E-state index in [1.165, 1.54) is 11.3 Å². The van der Waals surface area contributed by atoms with E-state index in [1.807, 2.05) is 30.3 Å². The van der Waals surface area contributed by atoms with E-state index in [4.69, 9.17) is 0 Å². The van der Waals surface area contributed by atoms with Gasteiger partial charge in [0, 0.05) is 12.3 Å². The molecule has 1 aromatic heterocycles. The molecule has 3 rings (SSSR count). The van der Waals surface area contributed by atoms with E-state index in [2.05, 4.69) is 10.3 Å². The van der Waals surface area contributed by atoms with Crippen molar-refractivity contribution in [1.29, 1.82) is 0 Å². The largest absolute Gasteiger partial charge is 0.481 e. The highest BCUT2D eigenvalue weighted by atomic mass is 32.2. The first kappa shape index (κ1) is 20.8. The van der Waals surface area contributed by atoms with E-state index in [-0.39, 0.29) is 12.3 Å². The Morgan fingerprint density at radius 3 is 2.38 bits per heavy atom. The molecule has 7 nitrogen and oxygen atoms in total. The third-order valence-electron chi connectivity index (χ3n) is 4.31. The molecule has 29 heavy (non-hydrogen) atoms. The molecule has 0 aliphatic heterocycles. The number of carboxylic acid groups (broad SMARTS) is 2. The lowest BCUT2D eigenvalue weighted by molar-refractivity contribution is -0.160. The summed E-state index contributed by atoms with van der Waals surface area (Å²) in [5, 5.41) is 21.7. The summed E-state index contributed by atoms with van der Waals surface area (Å²) in [7, 11) is 0. The van der Waals surface area contributed by atoms with Gasteiger partial charge in [-0.05, 0) is 17.7 Å². The van der Waals surface area contributed by atoms with E-state index < -0.39 is 29.7 Å². The van der Waals surface area contributed by atoms with Crippen LogP contribution in [0.4, 0.5) is 0 Å². The molecule has 0 aliphatic carbocycles. The van der Waals surface area contributed by atoms with Gasteiger partial charge >= 0.3 is 11.9 Å². The number of rotatable bonds is 9. The average molecular weight is 431 g/mol. The number of fused-ring (bicyclic) bond motifs is 1. The Bertz CT molecular complexity index is 1000. The summed E-state index contributed by atoms with van der Waals surface area (Å²) in [6.07, 6.45) is -0.819. The van der Waals surface area contributed by atoms with Crippen LogP contribution in [0.3, 0.4) is 0 Å². The highest BCUT2D eigenvalue weighted by Gasteiger charge is 2.48. The quantitative estimate of drug-likeness (QED) is 0.352. The maximum Gasteiger partial charge on any atom is 0.320 e. The minimum atomic E-state index is -2.11. The van der Waals surface area contributed by atoms with Crippen molar-refractivity contribution in [3.63, 3.8) is 0 Å². The molecule has 0 bridgehead atoms. The maximum atomic E-state index is 12.8. The molecule has 0 radical (unpaired) electrons. The number of carboxylic acids is 2. The molecule has 2 aromatic carbocycles. The second kappa shape index (κ2) is 9.06. The van der Waals surface area contributed by atoms with E-state index in [0.717, 1.165) is 27.5 Å². The number of nitrogens with zero attached hydrogens (tertiary/aromatic N) is 1. The van der Waals surface area contributed by atoms with Gasteiger partial charge in [-0.3, -0.25) is 14.4 Å². The summed E-state index contributed by atoms with van der Waals surface area (Å²) >= 11 is 2.45. The van der Waals surface area contributed by atoms with Gasteiger partial charge in [0.25, 0.3) is 0 Å². The number of aromatic nitrogens is 1. The van der Waals surface area contributed by atoms with Gasteiger partial charge in [0.2, 0.25) is 5.91 Å². The van der Waals surface area contributed by atoms with Gasteiger partial charge in [-0.15, -0.1) is 11.3 Å². The first-order chi connectivity index (χ1) is 13.9. The van der Waals surface area contributed by atoms with Gasteiger partial charge in [-0.25, -0.2) is 4.98 Å². The van der Waals surface area contributed by atoms with Gasteiger partial charge in [0.05, 0.1) is 16.6 Å². The zero-order valence-corrected chi connectivity index (χ0v) is 16.8. The summed E-state index contributed by atoms with van der Waals surface area (Å²) in [5.74, 6) is -3.90. The zero-order valence-electron chi connectivity index (χ0n) is 15.2. The lowest BCUT2D eigenvalue weighted by Crippen LogP contribution is -2.49. The number of benzene rings is 2. The highest BCUT2D eigenvalue weighted by molar-refractivity contribution is 8.01. The molecule has 0 saturated heterocycles. The fourth-order valence-electron chi connectivity index (χ4n) is 2.73. The van der Waals surface area contributed by atoms with Gasteiger partial charge in [0.15, 0.2) is 9.75 Å². The van der Waals surface area contributed by atoms with Crippen LogP contribution >= 0.6 is 23.1 Å². The molecular formula is C20H18N2O5S2. The van der Waals surface area contributed by atoms with Crippen LogP contribution in [-0.2, 0) is 20.9 Å². The third-order valence-corrected chi connectivity index (χ3v) is 6.72. The van der Waals surface area contributed by atoms with Crippen molar-refractivity contribution in [1.82, 2.24) is 10.3 Å². The Labute approximate surface area is 174 Å². The lowest BCUT2D eigenvalue weighted by atomic mass is 9.85. The number of nitrogens with one attached hydrogen (secondary N) is 1. The first-order valence-corrected chi connectivity index (χ1v) is 10.5. The number of carbonyl (C=O) groups is 3. The number of hydrogen-bond acceptors (Lipinski definition) is 6. The zero-order chi connectivity index (χ0) is 20.9. The fourth-order valence-corrected chi connectivity index (χ4v) is 5.00. The summed E-state index contributed by atoms with van der Waals surface area (Å²) in [5.41, 5.74) is -0.551. The topological polar surface area (TPSA) is 117 Å². The molecule has 9 heteroatoms. The van der Waals surface area contributed by atoms with Crippen LogP contribution in [0.2, 0.25) is 0 Å². The fraction of sp³-hybridized carbons (Fsp3) is 0.200. The smallest absolute Gasteiger partial charge is 0.320 e. The maximum absolute atomic E-state index is 12.8. The Kier molecular flexibility index (Phi) is 6.50. The van der Waals surface area contributed by atoms with Gasteiger partial charge in [-0.1, -0.05) is 54.2 Å². The molecule has 1 atom stereocenters. The Balaban J connectivity index is 1.80. The van der Waals surface area contributed by atoms with E-state index in [1.54, 1.807) is 24.3 Å². The van der Waals surface area contributed by atoms with Crippen LogP contribution < -0.4 is 5.32 Å². The molecule has 0 saturated carbocycles. The van der Waals surface area contributed by atoms with E-state index in [9.17, 15) is 24.6 Å². The van der Waals surface area contributed by atoms with Gasteiger partial charge in [0.1, 0.15) is 0 Å². The normalized spacial score (nSPS) is 13.0. The number of hydrogen-bond donors (Lipinski definition) is 3. The molecule has 0 fully saturated rings. The molecule has 1 unspecified atom stereocenters. The van der Waals surface area contributed by atoms with Crippen LogP contribution in [0.5, 0.6) is 0 Å². The minimum absolute atomic E-state index is 0.111. The molecule has 0 spiro atoms. The molecular weight excluding hydrogens is 412 g/mol. The Morgan fingerprint density at radius 2 is 1.72 bits per heavy atom. The van der Waals surface area contributed by atoms with Crippen LogP contribution in [0.25, 0.3) is 10.2 Å². The average Bonchev–Trinajstić information content (AvgIpc) is 3.12. The minimum Gasteiger partial charge on any atom is -0.481 e. The number of aliphatic carboxylic acids is 2. The standard InChI is InChI=1S/C20H18N2O5S2/c23-16(24)10-20(18(26)27,17(25)21-11-13-6-2-1-3-7-13)12-28-19-22-14-8-4-5-9-15(14)29-19/h1-9H,10-12H2,(H,21,25)(H,23,24)(H,26,27). The molecule has 1 amide bonds. The summed E-state index contributed by atoms with van der Waals surface area (Å²) in [6, 6.07) is 16.4. The summed E-state index contributed by atoms with van der Waals surface area (Å²) in [6.45, 7) is 0.111. The summed E-state index contributed by atoms with van der Waals surface area (Å²) < 4.78 is 1.51. The van der Waals surface area contributed by atoms with E-state index in [0.29, 0.717) is 4.34 Å². The Morgan fingerprint density at radius 1 is 1.03 bits per heavy atom. The van der Waals surface area contributed by atoms with Crippen LogP contribution in [0.1, 0.15) is 12.0 Å². The van der Waals surface area contributed by atoms with Crippen LogP contribution in [0.15, 0.2) is 58.9 Å². The molecule has 3 aromatic rings. The third kappa shape index (κ3) is 4.93. The van der Waals surface area contributed by atoms with Crippen molar-refractivity contribution >= 4 is 51.2 Å². The molecule has 1 heterocycles. The van der Waals surface area contributed by atoms with Crippen molar-refractivity contribution in [2.24, 2.45) is 5.41 Å². The van der Waals surface area contributed by atoms with Gasteiger partial charge < -0.3 is 15.5 Å². The first-order valence-electron chi connectivity index (χ1n) is 8.66. The van der Waals surface area contributed by atoms with Crippen LogP contribution in [-0.4, -0.2) is 38.8 Å². The van der Waals surface area contributed by atoms with Crippen molar-refractivity contribution in [2.75, 3.05) is 5.75 Å².